The van der Waals surface area contributed by atoms with E-state index in [4.69, 9.17) is 4.98 Å². The maximum atomic E-state index is 4.88. The molecule has 46 heavy (non-hydrogen) atoms. The van der Waals surface area contributed by atoms with Gasteiger partial charge in [0.15, 0.2) is 11.0 Å². The molecule has 0 aliphatic heterocycles. The van der Waals surface area contributed by atoms with Crippen LogP contribution in [-0.4, -0.2) is 22.2 Å². The fourth-order valence-electron chi connectivity index (χ4n) is 6.84. The van der Waals surface area contributed by atoms with Crippen molar-refractivity contribution in [2.75, 3.05) is 0 Å². The average molecular weight is 614 g/mol. The molecule has 0 saturated heterocycles. The predicted molar refractivity (Wildman–Crippen MR) is 194 cm³/mol. The first-order valence-electron chi connectivity index (χ1n) is 16.1. The lowest BCUT2D eigenvalue weighted by atomic mass is 10.1. The normalized spacial score (nSPS) is 12.1. The van der Waals surface area contributed by atoms with Gasteiger partial charge in [-0.1, -0.05) is 110 Å². The summed E-state index contributed by atoms with van der Waals surface area (Å²) in [6.45, 7) is 9.41. The second kappa shape index (κ2) is 11.0. The Bertz CT molecular complexity index is 2380. The molecule has 0 unspecified atom stereocenters. The molecule has 0 bridgehead atoms. The Morgan fingerprint density at radius 3 is 2.17 bits per heavy atom. The number of pyridine rings is 1. The van der Waals surface area contributed by atoms with Crippen LogP contribution in [0.5, 0.6) is 0 Å². The third-order valence-electron chi connectivity index (χ3n) is 9.57. The molecule has 0 saturated carbocycles. The maximum Gasteiger partial charge on any atom is 0.255 e. The molecule has 8 aromatic rings. The van der Waals surface area contributed by atoms with Crippen molar-refractivity contribution < 1.29 is 4.57 Å². The summed E-state index contributed by atoms with van der Waals surface area (Å²) in [7, 11) is -2.12. The van der Waals surface area contributed by atoms with Crippen molar-refractivity contribution in [1.29, 1.82) is 0 Å². The van der Waals surface area contributed by atoms with Gasteiger partial charge in [0.25, 0.3) is 6.33 Å². The van der Waals surface area contributed by atoms with Crippen LogP contribution < -0.4 is 14.9 Å². The number of benzene rings is 5. The minimum absolute atomic E-state index is 0.434. The summed E-state index contributed by atoms with van der Waals surface area (Å²) < 4.78 is 6.96. The highest BCUT2D eigenvalue weighted by molar-refractivity contribution is 7.00. The molecule has 3 aromatic heterocycles. The first-order valence-corrected chi connectivity index (χ1v) is 19.1. The van der Waals surface area contributed by atoms with E-state index in [-0.39, 0.29) is 0 Å². The van der Waals surface area contributed by atoms with Crippen LogP contribution in [0.1, 0.15) is 25.3 Å². The van der Waals surface area contributed by atoms with E-state index in [1.54, 1.807) is 0 Å². The Balaban J connectivity index is 1.27. The van der Waals surface area contributed by atoms with E-state index >= 15 is 0 Å². The van der Waals surface area contributed by atoms with Gasteiger partial charge in [0.2, 0.25) is 0 Å². The Hall–Kier alpha value is -5.26. The highest BCUT2D eigenvalue weighted by Crippen LogP contribution is 2.32. The number of fused-ring (bicyclic) bond motifs is 4. The summed E-state index contributed by atoms with van der Waals surface area (Å²) in [5.74, 6) is 1.41. The number of rotatable bonds is 6. The van der Waals surface area contributed by atoms with Crippen LogP contribution in [0, 0.1) is 0 Å². The van der Waals surface area contributed by atoms with Crippen LogP contribution >= 0.6 is 0 Å². The lowest BCUT2D eigenvalue weighted by molar-refractivity contribution is -0.567. The first-order chi connectivity index (χ1) is 22.4. The molecule has 8 rings (SSSR count). The van der Waals surface area contributed by atoms with Crippen LogP contribution in [0.4, 0.5) is 0 Å². The van der Waals surface area contributed by atoms with E-state index in [2.05, 4.69) is 180 Å². The summed E-state index contributed by atoms with van der Waals surface area (Å²) in [5.41, 5.74) is 8.40. The van der Waals surface area contributed by atoms with Crippen molar-refractivity contribution in [1.82, 2.24) is 14.1 Å². The number of hydrogen-bond donors (Lipinski definition) is 0. The molecule has 0 aliphatic carbocycles. The summed E-state index contributed by atoms with van der Waals surface area (Å²) in [6.07, 6.45) is 4.17. The SMILES string of the molecule is CC(C)c1ccnc(-n2c3ccccc3c3ccc([Si](C)(C)c4cccc(-n5c[n+](-c6ccccc6)c6ccccc65)c4)cc32)c1. The second-order valence-corrected chi connectivity index (χ2v) is 17.4. The molecule has 5 heteroatoms. The van der Waals surface area contributed by atoms with Crippen molar-refractivity contribution in [3.63, 3.8) is 0 Å². The topological polar surface area (TPSA) is 26.6 Å². The van der Waals surface area contributed by atoms with Gasteiger partial charge in [-0.3, -0.25) is 4.57 Å². The number of aromatic nitrogens is 4. The van der Waals surface area contributed by atoms with Gasteiger partial charge in [0.1, 0.15) is 25.3 Å². The van der Waals surface area contributed by atoms with E-state index in [0.29, 0.717) is 5.92 Å². The van der Waals surface area contributed by atoms with Crippen molar-refractivity contribution in [3.05, 3.63) is 152 Å². The third-order valence-corrected chi connectivity index (χ3v) is 13.1. The third kappa shape index (κ3) is 4.58. The van der Waals surface area contributed by atoms with Gasteiger partial charge in [-0.15, -0.1) is 0 Å². The van der Waals surface area contributed by atoms with Crippen LogP contribution in [0.3, 0.4) is 0 Å². The Morgan fingerprint density at radius 2 is 1.35 bits per heavy atom. The van der Waals surface area contributed by atoms with Crippen LogP contribution in [-0.2, 0) is 0 Å². The van der Waals surface area contributed by atoms with Crippen molar-refractivity contribution in [2.24, 2.45) is 0 Å². The summed E-state index contributed by atoms with van der Waals surface area (Å²) in [5, 5.41) is 5.32. The van der Waals surface area contributed by atoms with E-state index in [0.717, 1.165) is 11.5 Å². The summed E-state index contributed by atoms with van der Waals surface area (Å²) >= 11 is 0. The zero-order chi connectivity index (χ0) is 31.4. The molecule has 0 atom stereocenters. The van der Waals surface area contributed by atoms with E-state index in [9.17, 15) is 0 Å². The molecule has 0 radical (unpaired) electrons. The van der Waals surface area contributed by atoms with Gasteiger partial charge in [0.05, 0.1) is 11.0 Å². The highest BCUT2D eigenvalue weighted by atomic mass is 28.3. The molecule has 0 spiro atoms. The van der Waals surface area contributed by atoms with Crippen LogP contribution in [0.25, 0.3) is 50.0 Å². The minimum Gasteiger partial charge on any atom is -0.294 e. The van der Waals surface area contributed by atoms with Gasteiger partial charge in [0, 0.05) is 17.0 Å². The fraction of sp³-hybridized carbons (Fsp3) is 0.122. The Morgan fingerprint density at radius 1 is 0.630 bits per heavy atom. The number of imidazole rings is 1. The largest absolute Gasteiger partial charge is 0.294 e. The Kier molecular flexibility index (Phi) is 6.73. The molecule has 5 aromatic carbocycles. The molecule has 3 heterocycles. The zero-order valence-electron chi connectivity index (χ0n) is 26.7. The predicted octanol–water partition coefficient (Wildman–Crippen LogP) is 8.35. The minimum atomic E-state index is -2.12. The zero-order valence-corrected chi connectivity index (χ0v) is 27.7. The van der Waals surface area contributed by atoms with Crippen LogP contribution in [0.15, 0.2) is 146 Å². The van der Waals surface area contributed by atoms with E-state index < -0.39 is 8.07 Å². The molecule has 4 nitrogen and oxygen atoms in total. The monoisotopic (exact) mass is 613 g/mol. The van der Waals surface area contributed by atoms with Crippen molar-refractivity contribution >= 4 is 51.3 Å². The lowest BCUT2D eigenvalue weighted by Gasteiger charge is -2.24. The number of para-hydroxylation sites is 4. The fourth-order valence-corrected chi connectivity index (χ4v) is 9.20. The standard InChI is InChI=1S/C41H37N4Si/c1-29(2)30-23-24-42-41(25-30)45-37-18-9-8-17-35(37)36-22-21-34(27-40(36)45)46(3,4)33-16-12-15-32(26-33)44-28-43(31-13-6-5-7-14-31)38-19-10-11-20-39(38)44/h5-29H,1-4H3/q+1. The van der Waals surface area contributed by atoms with Crippen molar-refractivity contribution in [3.8, 4) is 17.2 Å². The molecule has 0 N–H and O–H groups in total. The van der Waals surface area contributed by atoms with Gasteiger partial charge >= 0.3 is 0 Å². The highest BCUT2D eigenvalue weighted by Gasteiger charge is 2.29. The lowest BCUT2D eigenvalue weighted by Crippen LogP contribution is -2.52. The van der Waals surface area contributed by atoms with Gasteiger partial charge in [-0.2, -0.15) is 9.13 Å². The average Bonchev–Trinajstić information content (AvgIpc) is 3.65. The first kappa shape index (κ1) is 28.2. The smallest absolute Gasteiger partial charge is 0.255 e. The van der Waals surface area contributed by atoms with Gasteiger partial charge in [-0.05, 0) is 72.1 Å². The molecule has 224 valence electrons. The number of nitrogens with zero attached hydrogens (tertiary/aromatic N) is 4. The Labute approximate surface area is 270 Å². The van der Waals surface area contributed by atoms with Gasteiger partial charge < -0.3 is 0 Å². The summed E-state index contributed by atoms with van der Waals surface area (Å²) in [6, 6.07) is 48.6. The van der Waals surface area contributed by atoms with Gasteiger partial charge in [-0.25, -0.2) is 4.98 Å². The van der Waals surface area contributed by atoms with E-state index in [1.807, 2.05) is 6.20 Å². The summed E-state index contributed by atoms with van der Waals surface area (Å²) in [4.78, 5) is 4.88. The molecule has 0 aliphatic rings. The second-order valence-electron chi connectivity index (χ2n) is 13.0. The molecular formula is C41H37N4Si+. The van der Waals surface area contributed by atoms with Crippen LogP contribution in [0.2, 0.25) is 13.1 Å². The number of hydrogen-bond acceptors (Lipinski definition) is 1. The van der Waals surface area contributed by atoms with Crippen molar-refractivity contribution in [2.45, 2.75) is 32.9 Å². The molecule has 0 amide bonds. The quantitative estimate of drug-likeness (QED) is 0.137. The maximum absolute atomic E-state index is 4.88. The molecular weight excluding hydrogens is 577 g/mol. The van der Waals surface area contributed by atoms with E-state index in [1.165, 1.54) is 54.5 Å². The molecule has 0 fully saturated rings.